The molecule has 0 bridgehead atoms. The van der Waals surface area contributed by atoms with Gasteiger partial charge in [-0.3, -0.25) is 9.69 Å². The molecule has 3 rings (SSSR count). The van der Waals surface area contributed by atoms with Gasteiger partial charge < -0.3 is 4.90 Å². The zero-order chi connectivity index (χ0) is 18.7. The van der Waals surface area contributed by atoms with Crippen LogP contribution in [-0.2, 0) is 0 Å². The fourth-order valence-corrected chi connectivity index (χ4v) is 4.55. The van der Waals surface area contributed by atoms with E-state index in [9.17, 15) is 4.79 Å². The van der Waals surface area contributed by atoms with Crippen molar-refractivity contribution >= 4 is 64.5 Å². The molecule has 0 radical (unpaired) electrons. The topological polar surface area (TPSA) is 36.4 Å². The van der Waals surface area contributed by atoms with Crippen LogP contribution in [0, 0.1) is 0 Å². The molecule has 136 valence electrons. The first kappa shape index (κ1) is 19.5. The number of halogens is 2. The minimum Gasteiger partial charge on any atom is -0.309 e. The number of rotatable bonds is 6. The molecule has 7 heteroatoms. The lowest BCUT2D eigenvalue weighted by Gasteiger charge is -2.21. The summed E-state index contributed by atoms with van der Waals surface area (Å²) in [6, 6.07) is 13.5. The number of thiazole rings is 1. The van der Waals surface area contributed by atoms with Crippen LogP contribution in [0.25, 0.3) is 10.2 Å². The van der Waals surface area contributed by atoms with E-state index in [1.54, 1.807) is 16.2 Å². The summed E-state index contributed by atoms with van der Waals surface area (Å²) in [5, 5.41) is 0.738. The Labute approximate surface area is 174 Å². The minimum absolute atomic E-state index is 0.0248. The molecule has 0 saturated heterocycles. The van der Waals surface area contributed by atoms with Crippen molar-refractivity contribution in [2.24, 2.45) is 0 Å². The third-order valence-electron chi connectivity index (χ3n) is 3.87. The van der Waals surface area contributed by atoms with Crippen LogP contribution < -0.4 is 4.90 Å². The first-order chi connectivity index (χ1) is 12.4. The molecular weight excluding hydrogens is 478 g/mol. The maximum atomic E-state index is 13.2. The van der Waals surface area contributed by atoms with Crippen molar-refractivity contribution in [3.63, 3.8) is 0 Å². The molecule has 3 aromatic rings. The highest BCUT2D eigenvalue weighted by Crippen LogP contribution is 2.32. The Balaban J connectivity index is 1.94. The van der Waals surface area contributed by atoms with Gasteiger partial charge >= 0.3 is 0 Å². The van der Waals surface area contributed by atoms with Gasteiger partial charge in [-0.05, 0) is 63.5 Å². The molecular formula is C19H19Br2N3OS. The summed E-state index contributed by atoms with van der Waals surface area (Å²) in [7, 11) is 4.07. The largest absolute Gasteiger partial charge is 0.309 e. The lowest BCUT2D eigenvalue weighted by atomic mass is 10.2. The minimum atomic E-state index is -0.0248. The Kier molecular flexibility index (Phi) is 6.45. The van der Waals surface area contributed by atoms with Gasteiger partial charge in [0.25, 0.3) is 5.91 Å². The fourth-order valence-electron chi connectivity index (χ4n) is 2.61. The molecule has 1 aromatic heterocycles. The van der Waals surface area contributed by atoms with Crippen LogP contribution in [-0.4, -0.2) is 43.0 Å². The number of carbonyl (C=O) groups excluding carboxylic acids is 1. The van der Waals surface area contributed by atoms with E-state index in [1.165, 1.54) is 0 Å². The molecule has 0 unspecified atom stereocenters. The van der Waals surface area contributed by atoms with E-state index in [-0.39, 0.29) is 5.91 Å². The molecule has 2 aromatic carbocycles. The van der Waals surface area contributed by atoms with Crippen LogP contribution in [0.1, 0.15) is 16.8 Å². The third-order valence-corrected chi connectivity index (χ3v) is 5.90. The van der Waals surface area contributed by atoms with Crippen molar-refractivity contribution in [2.45, 2.75) is 6.42 Å². The smallest absolute Gasteiger partial charge is 0.260 e. The average molecular weight is 497 g/mol. The molecule has 0 atom stereocenters. The van der Waals surface area contributed by atoms with Crippen molar-refractivity contribution in [3.8, 4) is 0 Å². The quantitative estimate of drug-likeness (QED) is 0.457. The Hall–Kier alpha value is -1.28. The average Bonchev–Trinajstić information content (AvgIpc) is 3.00. The van der Waals surface area contributed by atoms with Crippen LogP contribution >= 0.6 is 43.2 Å². The van der Waals surface area contributed by atoms with Crippen molar-refractivity contribution in [3.05, 3.63) is 57.0 Å². The highest BCUT2D eigenvalue weighted by molar-refractivity contribution is 9.10. The second-order valence-electron chi connectivity index (χ2n) is 6.23. The van der Waals surface area contributed by atoms with E-state index in [0.29, 0.717) is 12.1 Å². The van der Waals surface area contributed by atoms with Crippen molar-refractivity contribution in [1.82, 2.24) is 9.88 Å². The molecule has 1 amide bonds. The normalized spacial score (nSPS) is 11.3. The third kappa shape index (κ3) is 4.71. The standard InChI is InChI=1S/C19H19Br2N3OS/c1-23(2)9-4-10-24(18(25)13-5-3-6-14(20)11-13)19-22-16-8-7-15(21)12-17(16)26-19/h3,5-8,11-12H,4,9-10H2,1-2H3. The van der Waals surface area contributed by atoms with E-state index < -0.39 is 0 Å². The van der Waals surface area contributed by atoms with E-state index >= 15 is 0 Å². The predicted octanol–water partition coefficient (Wildman–Crippen LogP) is 5.42. The monoisotopic (exact) mass is 495 g/mol. The number of hydrogen-bond donors (Lipinski definition) is 0. The first-order valence-electron chi connectivity index (χ1n) is 8.22. The molecule has 0 N–H and O–H groups in total. The van der Waals surface area contributed by atoms with Crippen LogP contribution in [0.15, 0.2) is 51.4 Å². The zero-order valence-corrected chi connectivity index (χ0v) is 18.6. The summed E-state index contributed by atoms with van der Waals surface area (Å²) < 4.78 is 2.97. The summed E-state index contributed by atoms with van der Waals surface area (Å²) in [5.74, 6) is -0.0248. The molecule has 4 nitrogen and oxygen atoms in total. The number of fused-ring (bicyclic) bond motifs is 1. The van der Waals surface area contributed by atoms with Gasteiger partial charge in [-0.15, -0.1) is 0 Å². The molecule has 0 aliphatic carbocycles. The van der Waals surface area contributed by atoms with Crippen molar-refractivity contribution < 1.29 is 4.79 Å². The lowest BCUT2D eigenvalue weighted by Crippen LogP contribution is -2.33. The second-order valence-corrected chi connectivity index (χ2v) is 9.07. The number of nitrogens with zero attached hydrogens (tertiary/aromatic N) is 3. The highest BCUT2D eigenvalue weighted by atomic mass is 79.9. The molecule has 0 fully saturated rings. The van der Waals surface area contributed by atoms with Gasteiger partial charge in [0.15, 0.2) is 5.13 Å². The summed E-state index contributed by atoms with van der Waals surface area (Å²) >= 11 is 8.49. The van der Waals surface area contributed by atoms with E-state index in [0.717, 1.165) is 37.3 Å². The molecule has 0 saturated carbocycles. The van der Waals surface area contributed by atoms with Gasteiger partial charge in [0.1, 0.15) is 0 Å². The van der Waals surface area contributed by atoms with Gasteiger partial charge in [-0.1, -0.05) is 49.3 Å². The van der Waals surface area contributed by atoms with E-state index in [4.69, 9.17) is 4.98 Å². The highest BCUT2D eigenvalue weighted by Gasteiger charge is 2.21. The SMILES string of the molecule is CN(C)CCCN(C(=O)c1cccc(Br)c1)c1nc2ccc(Br)cc2s1. The maximum Gasteiger partial charge on any atom is 0.260 e. The van der Waals surface area contributed by atoms with Crippen LogP contribution in [0.4, 0.5) is 5.13 Å². The Morgan fingerprint density at radius 3 is 2.58 bits per heavy atom. The lowest BCUT2D eigenvalue weighted by molar-refractivity contribution is 0.0986. The molecule has 0 aliphatic heterocycles. The Bertz CT molecular complexity index is 926. The number of amides is 1. The Morgan fingerprint density at radius 2 is 1.85 bits per heavy atom. The Morgan fingerprint density at radius 1 is 1.08 bits per heavy atom. The number of hydrogen-bond acceptors (Lipinski definition) is 4. The molecule has 0 spiro atoms. The van der Waals surface area contributed by atoms with Gasteiger partial charge in [0.2, 0.25) is 0 Å². The summed E-state index contributed by atoms with van der Waals surface area (Å²) in [5.41, 5.74) is 1.57. The van der Waals surface area contributed by atoms with Gasteiger partial charge in [0, 0.05) is 21.1 Å². The predicted molar refractivity (Wildman–Crippen MR) is 116 cm³/mol. The van der Waals surface area contributed by atoms with Gasteiger partial charge in [-0.2, -0.15) is 0 Å². The van der Waals surface area contributed by atoms with Crippen molar-refractivity contribution in [1.29, 1.82) is 0 Å². The van der Waals surface area contributed by atoms with Crippen LogP contribution in [0.5, 0.6) is 0 Å². The summed E-state index contributed by atoms with van der Waals surface area (Å²) in [4.78, 5) is 21.8. The number of anilines is 1. The number of benzene rings is 2. The first-order valence-corrected chi connectivity index (χ1v) is 10.6. The molecule has 1 heterocycles. The summed E-state index contributed by atoms with van der Waals surface area (Å²) in [6.07, 6.45) is 0.881. The van der Waals surface area contributed by atoms with Crippen LogP contribution in [0.3, 0.4) is 0 Å². The molecule has 0 aliphatic rings. The van der Waals surface area contributed by atoms with Crippen molar-refractivity contribution in [2.75, 3.05) is 32.1 Å². The summed E-state index contributed by atoms with van der Waals surface area (Å²) in [6.45, 7) is 1.54. The van der Waals surface area contributed by atoms with E-state index in [2.05, 4.69) is 36.8 Å². The second kappa shape index (κ2) is 8.61. The molecule has 26 heavy (non-hydrogen) atoms. The zero-order valence-electron chi connectivity index (χ0n) is 14.6. The maximum absolute atomic E-state index is 13.2. The number of carbonyl (C=O) groups is 1. The van der Waals surface area contributed by atoms with Crippen LogP contribution in [0.2, 0.25) is 0 Å². The fraction of sp³-hybridized carbons (Fsp3) is 0.263. The number of aromatic nitrogens is 1. The van der Waals surface area contributed by atoms with E-state index in [1.807, 2.05) is 56.6 Å². The van der Waals surface area contributed by atoms with Gasteiger partial charge in [-0.25, -0.2) is 4.98 Å². The van der Waals surface area contributed by atoms with Gasteiger partial charge in [0.05, 0.1) is 10.2 Å².